The summed E-state index contributed by atoms with van der Waals surface area (Å²) in [4.78, 5) is 19.6. The molecule has 7 nitrogen and oxygen atoms in total. The fraction of sp³-hybridized carbons (Fsp3) is 0.318. The SMILES string of the molecule is CCOc1ccccc1C(=O)N1CCC[C@@H]1c1nc(-c2ccccc2OC)no1. The van der Waals surface area contributed by atoms with Crippen LogP contribution < -0.4 is 9.47 Å². The normalized spacial score (nSPS) is 16.1. The molecule has 0 saturated carbocycles. The molecule has 1 amide bonds. The number of likely N-dealkylation sites (tertiary alicyclic amines) is 1. The number of ether oxygens (including phenoxy) is 2. The number of amides is 1. The molecule has 2 aromatic carbocycles. The Kier molecular flexibility index (Phi) is 5.46. The molecule has 0 bridgehead atoms. The Morgan fingerprint density at radius 2 is 1.93 bits per heavy atom. The summed E-state index contributed by atoms with van der Waals surface area (Å²) in [5.74, 6) is 2.06. The van der Waals surface area contributed by atoms with E-state index in [1.165, 1.54) is 0 Å². The summed E-state index contributed by atoms with van der Waals surface area (Å²) in [6.07, 6.45) is 1.65. The predicted molar refractivity (Wildman–Crippen MR) is 107 cm³/mol. The van der Waals surface area contributed by atoms with Crippen LogP contribution in [0.1, 0.15) is 42.1 Å². The average Bonchev–Trinajstić information content (AvgIpc) is 3.43. The number of carbonyl (C=O) groups is 1. The van der Waals surface area contributed by atoms with Crippen molar-refractivity contribution >= 4 is 5.91 Å². The molecule has 1 saturated heterocycles. The van der Waals surface area contributed by atoms with Crippen molar-refractivity contribution in [3.8, 4) is 22.9 Å². The summed E-state index contributed by atoms with van der Waals surface area (Å²) in [7, 11) is 1.60. The van der Waals surface area contributed by atoms with Crippen LogP contribution in [-0.4, -0.2) is 41.2 Å². The van der Waals surface area contributed by atoms with Crippen LogP contribution >= 0.6 is 0 Å². The summed E-state index contributed by atoms with van der Waals surface area (Å²) in [6, 6.07) is 14.6. The van der Waals surface area contributed by atoms with Gasteiger partial charge in [0.15, 0.2) is 0 Å². The van der Waals surface area contributed by atoms with Crippen molar-refractivity contribution in [2.24, 2.45) is 0 Å². The Morgan fingerprint density at radius 3 is 2.72 bits per heavy atom. The second kappa shape index (κ2) is 8.34. The predicted octanol–water partition coefficient (Wildman–Crippen LogP) is 4.12. The summed E-state index contributed by atoms with van der Waals surface area (Å²) in [5, 5.41) is 4.12. The molecule has 150 valence electrons. The van der Waals surface area contributed by atoms with Crippen LogP contribution in [0.2, 0.25) is 0 Å². The van der Waals surface area contributed by atoms with Crippen molar-refractivity contribution < 1.29 is 18.8 Å². The van der Waals surface area contributed by atoms with E-state index in [1.807, 2.05) is 49.4 Å². The highest BCUT2D eigenvalue weighted by molar-refractivity contribution is 5.97. The van der Waals surface area contributed by atoms with Crippen LogP contribution in [0, 0.1) is 0 Å². The molecule has 1 aliphatic heterocycles. The van der Waals surface area contributed by atoms with E-state index >= 15 is 0 Å². The van der Waals surface area contributed by atoms with Gasteiger partial charge in [0.2, 0.25) is 11.7 Å². The van der Waals surface area contributed by atoms with Crippen molar-refractivity contribution in [2.45, 2.75) is 25.8 Å². The van der Waals surface area contributed by atoms with Gasteiger partial charge < -0.3 is 18.9 Å². The standard InChI is InChI=1S/C22H23N3O4/c1-3-28-19-13-7-5-10-16(19)22(26)25-14-8-11-17(25)21-23-20(24-29-21)15-9-4-6-12-18(15)27-2/h4-7,9-10,12-13,17H,3,8,11,14H2,1-2H3/t17-/m1/s1. The van der Waals surface area contributed by atoms with E-state index in [2.05, 4.69) is 10.1 Å². The Hall–Kier alpha value is -3.35. The Morgan fingerprint density at radius 1 is 1.17 bits per heavy atom. The van der Waals surface area contributed by atoms with Gasteiger partial charge in [0.1, 0.15) is 17.5 Å². The third-order valence-electron chi connectivity index (χ3n) is 5.01. The monoisotopic (exact) mass is 393 g/mol. The van der Waals surface area contributed by atoms with Gasteiger partial charge in [-0.25, -0.2) is 0 Å². The molecule has 0 spiro atoms. The Labute approximate surface area is 169 Å². The van der Waals surface area contributed by atoms with Gasteiger partial charge in [-0.15, -0.1) is 0 Å². The third-order valence-corrected chi connectivity index (χ3v) is 5.01. The fourth-order valence-corrected chi connectivity index (χ4v) is 3.66. The molecule has 1 aliphatic rings. The van der Waals surface area contributed by atoms with E-state index < -0.39 is 0 Å². The maximum absolute atomic E-state index is 13.2. The molecule has 1 aromatic heterocycles. The lowest BCUT2D eigenvalue weighted by Crippen LogP contribution is -2.31. The van der Waals surface area contributed by atoms with Gasteiger partial charge in [-0.2, -0.15) is 4.98 Å². The van der Waals surface area contributed by atoms with E-state index in [0.717, 1.165) is 18.4 Å². The van der Waals surface area contributed by atoms with Crippen molar-refractivity contribution in [3.63, 3.8) is 0 Å². The van der Waals surface area contributed by atoms with Crippen molar-refractivity contribution in [2.75, 3.05) is 20.3 Å². The summed E-state index contributed by atoms with van der Waals surface area (Å²) < 4.78 is 16.6. The minimum Gasteiger partial charge on any atom is -0.496 e. The minimum absolute atomic E-state index is 0.0893. The lowest BCUT2D eigenvalue weighted by atomic mass is 10.1. The first-order valence-corrected chi connectivity index (χ1v) is 9.72. The highest BCUT2D eigenvalue weighted by Gasteiger charge is 2.35. The van der Waals surface area contributed by atoms with Gasteiger partial charge in [0.05, 0.1) is 24.8 Å². The first-order valence-electron chi connectivity index (χ1n) is 9.72. The van der Waals surface area contributed by atoms with Crippen LogP contribution in [0.15, 0.2) is 53.1 Å². The topological polar surface area (TPSA) is 77.7 Å². The van der Waals surface area contributed by atoms with E-state index in [9.17, 15) is 4.79 Å². The van der Waals surface area contributed by atoms with Gasteiger partial charge in [-0.05, 0) is 44.0 Å². The molecular weight excluding hydrogens is 370 g/mol. The summed E-state index contributed by atoms with van der Waals surface area (Å²) >= 11 is 0. The molecule has 7 heteroatoms. The zero-order valence-corrected chi connectivity index (χ0v) is 16.5. The number of hydrogen-bond acceptors (Lipinski definition) is 6. The smallest absolute Gasteiger partial charge is 0.258 e. The zero-order chi connectivity index (χ0) is 20.2. The molecule has 0 N–H and O–H groups in total. The van der Waals surface area contributed by atoms with Crippen LogP contribution in [0.5, 0.6) is 11.5 Å². The number of aromatic nitrogens is 2. The van der Waals surface area contributed by atoms with Crippen molar-refractivity contribution in [1.82, 2.24) is 15.0 Å². The van der Waals surface area contributed by atoms with Crippen LogP contribution in [-0.2, 0) is 0 Å². The highest BCUT2D eigenvalue weighted by Crippen LogP contribution is 2.35. The number of rotatable bonds is 6. The quantitative estimate of drug-likeness (QED) is 0.627. The lowest BCUT2D eigenvalue weighted by Gasteiger charge is -2.23. The maximum Gasteiger partial charge on any atom is 0.258 e. The van der Waals surface area contributed by atoms with E-state index in [1.54, 1.807) is 18.1 Å². The molecule has 0 aliphatic carbocycles. The second-order valence-electron chi connectivity index (χ2n) is 6.74. The number of hydrogen-bond donors (Lipinski definition) is 0. The zero-order valence-electron chi connectivity index (χ0n) is 16.5. The molecule has 3 aromatic rings. The van der Waals surface area contributed by atoms with E-state index in [0.29, 0.717) is 41.9 Å². The van der Waals surface area contributed by atoms with Crippen LogP contribution in [0.25, 0.3) is 11.4 Å². The average molecular weight is 393 g/mol. The lowest BCUT2D eigenvalue weighted by molar-refractivity contribution is 0.0706. The second-order valence-corrected chi connectivity index (χ2v) is 6.74. The van der Waals surface area contributed by atoms with Gasteiger partial charge >= 0.3 is 0 Å². The van der Waals surface area contributed by atoms with Gasteiger partial charge in [-0.3, -0.25) is 4.79 Å². The summed E-state index contributed by atoms with van der Waals surface area (Å²) in [6.45, 7) is 3.04. The van der Waals surface area contributed by atoms with Gasteiger partial charge in [0, 0.05) is 6.54 Å². The minimum atomic E-state index is -0.256. The Balaban J connectivity index is 1.61. The largest absolute Gasteiger partial charge is 0.496 e. The Bertz CT molecular complexity index is 1000. The molecule has 4 rings (SSSR count). The number of para-hydroxylation sites is 2. The fourth-order valence-electron chi connectivity index (χ4n) is 3.66. The van der Waals surface area contributed by atoms with Crippen LogP contribution in [0.3, 0.4) is 0 Å². The molecule has 0 unspecified atom stereocenters. The number of methoxy groups -OCH3 is 1. The van der Waals surface area contributed by atoms with Crippen molar-refractivity contribution in [3.05, 3.63) is 60.0 Å². The van der Waals surface area contributed by atoms with Crippen molar-refractivity contribution in [1.29, 1.82) is 0 Å². The molecule has 0 radical (unpaired) electrons. The number of carbonyl (C=O) groups excluding carboxylic acids is 1. The highest BCUT2D eigenvalue weighted by atomic mass is 16.5. The van der Waals surface area contributed by atoms with Gasteiger partial charge in [-0.1, -0.05) is 29.4 Å². The third kappa shape index (κ3) is 3.68. The molecular formula is C22H23N3O4. The molecule has 1 fully saturated rings. The van der Waals surface area contributed by atoms with E-state index in [4.69, 9.17) is 14.0 Å². The number of nitrogens with zero attached hydrogens (tertiary/aromatic N) is 3. The van der Waals surface area contributed by atoms with Gasteiger partial charge in [0.25, 0.3) is 5.91 Å². The molecule has 1 atom stereocenters. The first-order chi connectivity index (χ1) is 14.2. The van der Waals surface area contributed by atoms with E-state index in [-0.39, 0.29) is 11.9 Å². The summed E-state index contributed by atoms with van der Waals surface area (Å²) in [5.41, 5.74) is 1.30. The molecule has 29 heavy (non-hydrogen) atoms. The maximum atomic E-state index is 13.2. The number of benzene rings is 2. The van der Waals surface area contributed by atoms with Crippen LogP contribution in [0.4, 0.5) is 0 Å². The molecule has 2 heterocycles. The first kappa shape index (κ1) is 19.0.